The van der Waals surface area contributed by atoms with Crippen molar-refractivity contribution in [3.05, 3.63) is 89.0 Å². The summed E-state index contributed by atoms with van der Waals surface area (Å²) in [7, 11) is 0. The molecule has 0 fully saturated rings. The van der Waals surface area contributed by atoms with Crippen molar-refractivity contribution in [1.29, 1.82) is 0 Å². The lowest BCUT2D eigenvalue weighted by molar-refractivity contribution is -0.117. The molecular formula is C19H17BrN2O3. The first kappa shape index (κ1) is 18.5. The van der Waals surface area contributed by atoms with Crippen LogP contribution in [0.3, 0.4) is 0 Å². The van der Waals surface area contributed by atoms with Crippen LogP contribution in [0.2, 0.25) is 0 Å². The molecule has 0 bridgehead atoms. The molecule has 0 saturated heterocycles. The Kier molecular flexibility index (Phi) is 6.98. The van der Waals surface area contributed by atoms with Crippen molar-refractivity contribution in [3.8, 4) is 0 Å². The van der Waals surface area contributed by atoms with E-state index < -0.39 is 11.8 Å². The Morgan fingerprint density at radius 3 is 2.56 bits per heavy atom. The van der Waals surface area contributed by atoms with E-state index in [4.69, 9.17) is 4.42 Å². The highest BCUT2D eigenvalue weighted by molar-refractivity contribution is 9.10. The van der Waals surface area contributed by atoms with Gasteiger partial charge < -0.3 is 15.1 Å². The molecule has 2 N–H and O–H groups in total. The molecule has 0 aliphatic heterocycles. The van der Waals surface area contributed by atoms with Gasteiger partial charge in [-0.1, -0.05) is 48.6 Å². The average Bonchev–Trinajstić information content (AvgIpc) is 3.06. The number of halogens is 1. The van der Waals surface area contributed by atoms with Gasteiger partial charge in [-0.05, 0) is 39.7 Å². The second-order valence-electron chi connectivity index (χ2n) is 4.91. The van der Waals surface area contributed by atoms with Gasteiger partial charge in [-0.2, -0.15) is 0 Å². The number of amides is 2. The van der Waals surface area contributed by atoms with Gasteiger partial charge in [0, 0.05) is 6.54 Å². The van der Waals surface area contributed by atoms with Crippen LogP contribution < -0.4 is 10.6 Å². The number of allylic oxidation sites excluding steroid dienone is 2. The third-order valence-corrected chi connectivity index (χ3v) is 3.47. The van der Waals surface area contributed by atoms with Gasteiger partial charge >= 0.3 is 0 Å². The number of carbonyl (C=O) groups is 2. The van der Waals surface area contributed by atoms with E-state index in [-0.39, 0.29) is 11.5 Å². The van der Waals surface area contributed by atoms with Crippen molar-refractivity contribution >= 4 is 33.8 Å². The molecule has 0 aliphatic carbocycles. The molecule has 0 unspecified atom stereocenters. The van der Waals surface area contributed by atoms with Crippen LogP contribution in [-0.2, 0) is 4.79 Å². The van der Waals surface area contributed by atoms with Crippen molar-refractivity contribution in [3.63, 3.8) is 0 Å². The first-order valence-electron chi connectivity index (χ1n) is 7.49. The summed E-state index contributed by atoms with van der Waals surface area (Å²) in [5.41, 5.74) is 1.08. The lowest BCUT2D eigenvalue weighted by atomic mass is 10.2. The van der Waals surface area contributed by atoms with Crippen LogP contribution in [0.5, 0.6) is 0 Å². The second kappa shape index (κ2) is 9.44. The van der Waals surface area contributed by atoms with Gasteiger partial charge in [-0.3, -0.25) is 9.59 Å². The summed E-state index contributed by atoms with van der Waals surface area (Å²) in [6.45, 7) is 3.84. The Hall–Kier alpha value is -2.86. The maximum atomic E-state index is 12.2. The zero-order chi connectivity index (χ0) is 18.1. The first-order valence-corrected chi connectivity index (χ1v) is 8.28. The summed E-state index contributed by atoms with van der Waals surface area (Å²) < 4.78 is 5.63. The van der Waals surface area contributed by atoms with E-state index in [2.05, 4.69) is 33.1 Å². The maximum absolute atomic E-state index is 12.2. The Bertz CT molecular complexity index is 807. The SMILES string of the molecule is C=CCNC(=O)/C(=C/C=C\c1ccccc1)NC(=O)c1ccc(Br)o1. The standard InChI is InChI=1S/C19H17BrN2O3/c1-2-13-21-18(23)15(10-6-9-14-7-4-3-5-8-14)22-19(24)16-11-12-17(20)25-16/h2-12H,1,13H2,(H,21,23)(H,22,24)/b9-6-,15-10-. The van der Waals surface area contributed by atoms with Gasteiger partial charge in [0.05, 0.1) is 0 Å². The lowest BCUT2D eigenvalue weighted by Gasteiger charge is -2.08. The highest BCUT2D eigenvalue weighted by Crippen LogP contribution is 2.14. The fourth-order valence-corrected chi connectivity index (χ4v) is 2.18. The van der Waals surface area contributed by atoms with Crippen LogP contribution in [0.1, 0.15) is 16.1 Å². The number of nitrogens with one attached hydrogen (secondary N) is 2. The topological polar surface area (TPSA) is 71.3 Å². The molecule has 25 heavy (non-hydrogen) atoms. The molecule has 6 heteroatoms. The number of rotatable bonds is 7. The molecule has 1 heterocycles. The van der Waals surface area contributed by atoms with Crippen molar-refractivity contribution in [2.24, 2.45) is 0 Å². The van der Waals surface area contributed by atoms with Crippen molar-refractivity contribution in [2.45, 2.75) is 0 Å². The van der Waals surface area contributed by atoms with Crippen LogP contribution in [0, 0.1) is 0 Å². The largest absolute Gasteiger partial charge is 0.444 e. The van der Waals surface area contributed by atoms with E-state index in [0.29, 0.717) is 11.2 Å². The molecule has 128 valence electrons. The van der Waals surface area contributed by atoms with Crippen LogP contribution in [0.25, 0.3) is 6.08 Å². The lowest BCUT2D eigenvalue weighted by Crippen LogP contribution is -2.34. The fraction of sp³-hybridized carbons (Fsp3) is 0.0526. The van der Waals surface area contributed by atoms with Gasteiger partial charge in [0.25, 0.3) is 11.8 Å². The van der Waals surface area contributed by atoms with E-state index in [1.165, 1.54) is 12.1 Å². The highest BCUT2D eigenvalue weighted by atomic mass is 79.9. The quantitative estimate of drug-likeness (QED) is 0.423. The molecule has 0 atom stereocenters. The number of hydrogen-bond donors (Lipinski definition) is 2. The summed E-state index contributed by atoms with van der Waals surface area (Å²) in [4.78, 5) is 24.4. The minimum Gasteiger partial charge on any atom is -0.444 e. The predicted octanol–water partition coefficient (Wildman–Crippen LogP) is 3.67. The molecule has 2 amide bonds. The summed E-state index contributed by atoms with van der Waals surface area (Å²) in [6.07, 6.45) is 6.61. The summed E-state index contributed by atoms with van der Waals surface area (Å²) in [6, 6.07) is 12.7. The van der Waals surface area contributed by atoms with Crippen molar-refractivity contribution in [2.75, 3.05) is 6.54 Å². The van der Waals surface area contributed by atoms with E-state index in [1.54, 1.807) is 18.2 Å². The highest BCUT2D eigenvalue weighted by Gasteiger charge is 2.15. The molecule has 0 aliphatic rings. The van der Waals surface area contributed by atoms with Gasteiger partial charge in [0.1, 0.15) is 5.70 Å². The van der Waals surface area contributed by atoms with Gasteiger partial charge in [0.2, 0.25) is 0 Å². The third-order valence-electron chi connectivity index (χ3n) is 3.05. The molecule has 1 aromatic carbocycles. The zero-order valence-corrected chi connectivity index (χ0v) is 15.0. The molecule has 0 spiro atoms. The number of benzene rings is 1. The monoisotopic (exact) mass is 400 g/mol. The predicted molar refractivity (Wildman–Crippen MR) is 101 cm³/mol. The minimum absolute atomic E-state index is 0.0985. The Morgan fingerprint density at radius 2 is 1.92 bits per heavy atom. The molecule has 2 rings (SSSR count). The van der Waals surface area contributed by atoms with Crippen LogP contribution in [0.4, 0.5) is 0 Å². The van der Waals surface area contributed by atoms with Crippen molar-refractivity contribution < 1.29 is 14.0 Å². The third kappa shape index (κ3) is 5.93. The van der Waals surface area contributed by atoms with E-state index in [0.717, 1.165) is 5.56 Å². The van der Waals surface area contributed by atoms with Gasteiger partial charge in [-0.25, -0.2) is 0 Å². The van der Waals surface area contributed by atoms with Crippen LogP contribution in [-0.4, -0.2) is 18.4 Å². The fourth-order valence-electron chi connectivity index (χ4n) is 1.87. The molecular weight excluding hydrogens is 384 g/mol. The summed E-state index contributed by atoms with van der Waals surface area (Å²) in [5.74, 6) is -0.836. The maximum Gasteiger partial charge on any atom is 0.291 e. The average molecular weight is 401 g/mol. The normalized spacial score (nSPS) is 11.3. The Morgan fingerprint density at radius 1 is 1.16 bits per heavy atom. The molecule has 1 aromatic heterocycles. The zero-order valence-electron chi connectivity index (χ0n) is 13.4. The van der Waals surface area contributed by atoms with Gasteiger partial charge in [-0.15, -0.1) is 6.58 Å². The number of carbonyl (C=O) groups excluding carboxylic acids is 2. The summed E-state index contributed by atoms with van der Waals surface area (Å²) in [5, 5.41) is 5.18. The van der Waals surface area contributed by atoms with Crippen LogP contribution in [0.15, 0.2) is 82.1 Å². The van der Waals surface area contributed by atoms with Crippen molar-refractivity contribution in [1.82, 2.24) is 10.6 Å². The molecule has 0 radical (unpaired) electrons. The van der Waals surface area contributed by atoms with E-state index >= 15 is 0 Å². The molecule has 0 saturated carbocycles. The molecule has 5 nitrogen and oxygen atoms in total. The Labute approximate surface area is 154 Å². The van der Waals surface area contributed by atoms with E-state index in [1.807, 2.05) is 36.4 Å². The second-order valence-corrected chi connectivity index (χ2v) is 5.69. The summed E-state index contributed by atoms with van der Waals surface area (Å²) >= 11 is 3.13. The Balaban J connectivity index is 2.15. The minimum atomic E-state index is -0.515. The van der Waals surface area contributed by atoms with Crippen LogP contribution >= 0.6 is 15.9 Å². The number of furan rings is 1. The first-order chi connectivity index (χ1) is 12.1. The number of hydrogen-bond acceptors (Lipinski definition) is 3. The molecule has 2 aromatic rings. The van der Waals surface area contributed by atoms with Gasteiger partial charge in [0.15, 0.2) is 10.4 Å². The van der Waals surface area contributed by atoms with E-state index in [9.17, 15) is 9.59 Å². The smallest absolute Gasteiger partial charge is 0.291 e.